The van der Waals surface area contributed by atoms with E-state index in [4.69, 9.17) is 11.6 Å². The van der Waals surface area contributed by atoms with Gasteiger partial charge >= 0.3 is 0 Å². The molecular formula is C13H17ClFNO2S. The Hall–Kier alpha value is -0.650. The molecule has 106 valence electrons. The summed E-state index contributed by atoms with van der Waals surface area (Å²) in [6.07, 6.45) is 1.60. The first-order valence-corrected chi connectivity index (χ1v) is 8.20. The lowest BCUT2D eigenvalue weighted by Crippen LogP contribution is -2.37. The molecule has 2 rings (SSSR count). The summed E-state index contributed by atoms with van der Waals surface area (Å²) in [7, 11) is -3.60. The number of halogens is 2. The maximum absolute atomic E-state index is 13.3. The van der Waals surface area contributed by atoms with Crippen molar-refractivity contribution in [2.45, 2.75) is 37.6 Å². The minimum atomic E-state index is -3.60. The van der Waals surface area contributed by atoms with E-state index in [-0.39, 0.29) is 10.9 Å². The van der Waals surface area contributed by atoms with E-state index >= 15 is 0 Å². The molecule has 6 heteroatoms. The normalized spacial score (nSPS) is 20.9. The first kappa shape index (κ1) is 14.8. The maximum atomic E-state index is 13.3. The minimum Gasteiger partial charge on any atom is -0.207 e. The van der Waals surface area contributed by atoms with Gasteiger partial charge in [0.15, 0.2) is 0 Å². The minimum absolute atomic E-state index is 0.157. The standard InChI is InChI=1S/C13H17ClFNO2S/c1-9-6-11(15)7-10(2)13(9)19(17,18)16-5-3-4-12(16)8-14/h6-7,12H,3-5,8H2,1-2H3. The van der Waals surface area contributed by atoms with Gasteiger partial charge in [-0.05, 0) is 49.9 Å². The molecule has 1 fully saturated rings. The highest BCUT2D eigenvalue weighted by atomic mass is 35.5. The fourth-order valence-electron chi connectivity index (χ4n) is 2.70. The monoisotopic (exact) mass is 305 g/mol. The van der Waals surface area contributed by atoms with Gasteiger partial charge in [0, 0.05) is 18.5 Å². The number of hydrogen-bond donors (Lipinski definition) is 0. The molecule has 1 unspecified atom stereocenters. The van der Waals surface area contributed by atoms with Crippen molar-refractivity contribution in [1.29, 1.82) is 0 Å². The van der Waals surface area contributed by atoms with Gasteiger partial charge in [0.2, 0.25) is 10.0 Å². The van der Waals surface area contributed by atoms with E-state index in [2.05, 4.69) is 0 Å². The number of nitrogens with zero attached hydrogens (tertiary/aromatic N) is 1. The van der Waals surface area contributed by atoms with Gasteiger partial charge in [0.25, 0.3) is 0 Å². The lowest BCUT2D eigenvalue weighted by atomic mass is 10.1. The summed E-state index contributed by atoms with van der Waals surface area (Å²) in [6, 6.07) is 2.35. The van der Waals surface area contributed by atoms with Crippen molar-refractivity contribution >= 4 is 21.6 Å². The van der Waals surface area contributed by atoms with E-state index in [0.29, 0.717) is 23.6 Å². The van der Waals surface area contributed by atoms with Gasteiger partial charge in [0.1, 0.15) is 5.82 Å². The molecule has 0 aliphatic carbocycles. The molecule has 19 heavy (non-hydrogen) atoms. The van der Waals surface area contributed by atoms with Crippen molar-refractivity contribution in [3.8, 4) is 0 Å². The van der Waals surface area contributed by atoms with Crippen LogP contribution in [0.25, 0.3) is 0 Å². The highest BCUT2D eigenvalue weighted by Gasteiger charge is 2.36. The van der Waals surface area contributed by atoms with Crippen LogP contribution in [0.3, 0.4) is 0 Å². The molecule has 0 radical (unpaired) electrons. The van der Waals surface area contributed by atoms with Crippen molar-refractivity contribution in [3.63, 3.8) is 0 Å². The number of rotatable bonds is 3. The molecule has 0 amide bonds. The van der Waals surface area contributed by atoms with E-state index in [9.17, 15) is 12.8 Å². The van der Waals surface area contributed by atoms with E-state index in [1.54, 1.807) is 13.8 Å². The van der Waals surface area contributed by atoms with Crippen LogP contribution in [0.1, 0.15) is 24.0 Å². The molecule has 0 saturated carbocycles. The Morgan fingerprint density at radius 3 is 2.47 bits per heavy atom. The average molecular weight is 306 g/mol. The molecule has 1 atom stereocenters. The fourth-order valence-corrected chi connectivity index (χ4v) is 5.21. The second kappa shape index (κ2) is 5.38. The van der Waals surface area contributed by atoms with Gasteiger partial charge in [0.05, 0.1) is 4.90 Å². The Morgan fingerprint density at radius 1 is 1.37 bits per heavy atom. The summed E-state index contributed by atoms with van der Waals surface area (Å²) in [5.41, 5.74) is 0.885. The van der Waals surface area contributed by atoms with Gasteiger partial charge < -0.3 is 0 Å². The zero-order valence-corrected chi connectivity index (χ0v) is 12.6. The molecule has 1 aliphatic heterocycles. The predicted octanol–water partition coefficient (Wildman–Crippen LogP) is 2.83. The molecular weight excluding hydrogens is 289 g/mol. The Morgan fingerprint density at radius 2 is 1.95 bits per heavy atom. The summed E-state index contributed by atoms with van der Waals surface area (Å²) in [5.74, 6) is -0.123. The summed E-state index contributed by atoms with van der Waals surface area (Å²) >= 11 is 5.83. The smallest absolute Gasteiger partial charge is 0.207 e. The summed E-state index contributed by atoms with van der Waals surface area (Å²) < 4.78 is 40.1. The highest BCUT2D eigenvalue weighted by molar-refractivity contribution is 7.89. The molecule has 0 spiro atoms. The van der Waals surface area contributed by atoms with Crippen LogP contribution in [-0.2, 0) is 10.0 Å². The van der Waals surface area contributed by atoms with Crippen molar-refractivity contribution in [3.05, 3.63) is 29.1 Å². The molecule has 3 nitrogen and oxygen atoms in total. The predicted molar refractivity (Wildman–Crippen MR) is 73.5 cm³/mol. The van der Waals surface area contributed by atoms with Gasteiger partial charge in [-0.2, -0.15) is 4.31 Å². The largest absolute Gasteiger partial charge is 0.243 e. The van der Waals surface area contributed by atoms with Crippen LogP contribution in [0.4, 0.5) is 4.39 Å². The number of sulfonamides is 1. The third kappa shape index (κ3) is 2.64. The molecule has 1 aromatic carbocycles. The molecule has 0 N–H and O–H groups in total. The third-order valence-corrected chi connectivity index (χ3v) is 6.11. The van der Waals surface area contributed by atoms with Crippen LogP contribution >= 0.6 is 11.6 Å². The number of hydrogen-bond acceptors (Lipinski definition) is 2. The third-order valence-electron chi connectivity index (χ3n) is 3.49. The second-order valence-electron chi connectivity index (χ2n) is 4.93. The van der Waals surface area contributed by atoms with E-state index in [1.807, 2.05) is 0 Å². The van der Waals surface area contributed by atoms with Gasteiger partial charge in [-0.1, -0.05) is 0 Å². The van der Waals surface area contributed by atoms with Crippen molar-refractivity contribution in [1.82, 2.24) is 4.31 Å². The summed E-state index contributed by atoms with van der Waals surface area (Å²) in [6.45, 7) is 3.72. The van der Waals surface area contributed by atoms with Crippen LogP contribution in [0.15, 0.2) is 17.0 Å². The quantitative estimate of drug-likeness (QED) is 0.805. The Kier molecular flexibility index (Phi) is 4.18. The Bertz CT molecular complexity index is 565. The van der Waals surface area contributed by atoms with Crippen LogP contribution in [-0.4, -0.2) is 31.2 Å². The highest BCUT2D eigenvalue weighted by Crippen LogP contribution is 2.30. The topological polar surface area (TPSA) is 37.4 Å². The Labute approximate surface area is 118 Å². The van der Waals surface area contributed by atoms with Crippen LogP contribution in [0, 0.1) is 19.7 Å². The van der Waals surface area contributed by atoms with Gasteiger partial charge in [-0.3, -0.25) is 0 Å². The van der Waals surface area contributed by atoms with Gasteiger partial charge in [-0.25, -0.2) is 12.8 Å². The zero-order valence-electron chi connectivity index (χ0n) is 11.0. The lowest BCUT2D eigenvalue weighted by molar-refractivity contribution is 0.410. The average Bonchev–Trinajstić information content (AvgIpc) is 2.75. The van der Waals surface area contributed by atoms with E-state index < -0.39 is 15.8 Å². The number of benzene rings is 1. The fraction of sp³-hybridized carbons (Fsp3) is 0.538. The molecule has 1 saturated heterocycles. The lowest BCUT2D eigenvalue weighted by Gasteiger charge is -2.24. The second-order valence-corrected chi connectivity index (χ2v) is 7.07. The van der Waals surface area contributed by atoms with Crippen LogP contribution < -0.4 is 0 Å². The maximum Gasteiger partial charge on any atom is 0.243 e. The van der Waals surface area contributed by atoms with Crippen LogP contribution in [0.5, 0.6) is 0 Å². The first-order chi connectivity index (χ1) is 8.87. The zero-order chi connectivity index (χ0) is 14.2. The molecule has 1 heterocycles. The van der Waals surface area contributed by atoms with Crippen molar-refractivity contribution in [2.75, 3.05) is 12.4 Å². The molecule has 0 aromatic heterocycles. The SMILES string of the molecule is Cc1cc(F)cc(C)c1S(=O)(=O)N1CCCC1CCl. The van der Waals surface area contributed by atoms with E-state index in [0.717, 1.165) is 12.8 Å². The summed E-state index contributed by atoms with van der Waals surface area (Å²) in [5, 5.41) is 0. The number of aryl methyl sites for hydroxylation is 2. The molecule has 1 aliphatic rings. The van der Waals surface area contributed by atoms with Crippen LogP contribution in [0.2, 0.25) is 0 Å². The van der Waals surface area contributed by atoms with Crippen molar-refractivity contribution < 1.29 is 12.8 Å². The number of alkyl halides is 1. The molecule has 1 aromatic rings. The first-order valence-electron chi connectivity index (χ1n) is 6.22. The summed E-state index contributed by atoms with van der Waals surface area (Å²) in [4.78, 5) is 0.214. The van der Waals surface area contributed by atoms with E-state index in [1.165, 1.54) is 16.4 Å². The van der Waals surface area contributed by atoms with Gasteiger partial charge in [-0.15, -0.1) is 11.6 Å². The Balaban J connectivity index is 2.51. The van der Waals surface area contributed by atoms with Crippen molar-refractivity contribution in [2.24, 2.45) is 0 Å². The molecule has 0 bridgehead atoms.